The van der Waals surface area contributed by atoms with Crippen LogP contribution in [0.25, 0.3) is 11.2 Å². The van der Waals surface area contributed by atoms with Gasteiger partial charge in [0.05, 0.1) is 19.0 Å². The Morgan fingerprint density at radius 3 is 2.38 bits per heavy atom. The van der Waals surface area contributed by atoms with E-state index in [4.69, 9.17) is 15.4 Å². The number of phosphoric ester groups is 1. The smallest absolute Gasteiger partial charge is 0.756 e. The summed E-state index contributed by atoms with van der Waals surface area (Å²) in [6.07, 6.45) is 2.05. The fourth-order valence-electron chi connectivity index (χ4n) is 2.56. The molecule has 1 aliphatic heterocycles. The van der Waals surface area contributed by atoms with E-state index in [1.54, 1.807) is 4.57 Å². The maximum absolute atomic E-state index is 11.6. The van der Waals surface area contributed by atoms with E-state index >= 15 is 0 Å². The van der Waals surface area contributed by atoms with Crippen LogP contribution in [-0.4, -0.2) is 37.1 Å². The number of aromatic nitrogens is 4. The maximum Gasteiger partial charge on any atom is 1.00 e. The van der Waals surface area contributed by atoms with Crippen LogP contribution in [-0.2, 0) is 31.6 Å². The van der Waals surface area contributed by atoms with Crippen molar-refractivity contribution in [3.05, 3.63) is 12.7 Å². The number of fused-ring (bicyclic) bond motifs is 1. The van der Waals surface area contributed by atoms with Gasteiger partial charge >= 0.3 is 88.7 Å². The molecule has 1 saturated heterocycles. The number of ether oxygens (including phenoxy) is 1. The van der Waals surface area contributed by atoms with Gasteiger partial charge in [-0.05, 0) is 12.8 Å². The Morgan fingerprint density at radius 2 is 1.75 bits per heavy atom. The molecule has 0 amide bonds. The van der Waals surface area contributed by atoms with E-state index in [0.29, 0.717) is 24.0 Å². The Hall–Kier alpha value is 1.72. The van der Waals surface area contributed by atoms with Crippen molar-refractivity contribution >= 4 is 40.4 Å². The minimum absolute atomic E-state index is 0. The topological polar surface area (TPSA) is 247 Å². The van der Waals surface area contributed by atoms with Crippen LogP contribution in [0.4, 0.5) is 5.82 Å². The summed E-state index contributed by atoms with van der Waals surface area (Å²) in [6, 6.07) is 0. The molecule has 3 unspecified atom stereocenters. The predicted molar refractivity (Wildman–Crippen MR) is 86.0 cm³/mol. The van der Waals surface area contributed by atoms with Crippen LogP contribution in [0.3, 0.4) is 0 Å². The summed E-state index contributed by atoms with van der Waals surface area (Å²) < 4.78 is 51.4. The number of imidazole rings is 1. The second-order valence-electron chi connectivity index (χ2n) is 5.70. The van der Waals surface area contributed by atoms with Gasteiger partial charge in [-0.2, -0.15) is 0 Å². The van der Waals surface area contributed by atoms with Crippen molar-refractivity contribution in [2.45, 2.75) is 25.2 Å². The minimum atomic E-state index is -5.94. The first-order chi connectivity index (χ1) is 13.4. The molecule has 0 aromatic carbocycles. The van der Waals surface area contributed by atoms with Crippen molar-refractivity contribution in [1.29, 1.82) is 0 Å². The molecule has 3 N–H and O–H groups in total. The SMILES string of the molecule is Nc1ncnc2c1ncn2[C@H]1CC[C@@H](COP(=O)([O-])OP(=O)([O-])OP(=O)([O-])O)O1.[Na+].[Na+].[Na+]. The molecule has 5 atom stereocenters. The van der Waals surface area contributed by atoms with Gasteiger partial charge in [-0.25, -0.2) is 23.6 Å². The van der Waals surface area contributed by atoms with Crippen molar-refractivity contribution in [3.8, 4) is 0 Å². The van der Waals surface area contributed by atoms with Crippen LogP contribution < -0.4 is 109 Å². The molecule has 16 nitrogen and oxygen atoms in total. The Kier molecular flexibility index (Phi) is 14.0. The van der Waals surface area contributed by atoms with Crippen LogP contribution in [0.15, 0.2) is 12.7 Å². The van der Waals surface area contributed by atoms with E-state index in [-0.39, 0.29) is 94.5 Å². The number of nitrogen functional groups attached to an aromatic ring is 1. The first-order valence-corrected chi connectivity index (χ1v) is 12.1. The van der Waals surface area contributed by atoms with Crippen LogP contribution >= 0.6 is 23.5 Å². The first kappa shape index (κ1) is 33.7. The summed E-state index contributed by atoms with van der Waals surface area (Å²) in [7, 11) is -17.3. The molecular formula is C10H13N5Na3O11P3. The average Bonchev–Trinajstić information content (AvgIpc) is 3.16. The number of hydrogen-bond acceptors (Lipinski definition) is 14. The van der Waals surface area contributed by atoms with Gasteiger partial charge in [-0.1, -0.05) is 0 Å². The average molecular weight is 541 g/mol. The molecule has 0 aliphatic carbocycles. The zero-order valence-corrected chi connectivity index (χ0v) is 25.9. The second-order valence-corrected chi connectivity index (χ2v) is 9.99. The third-order valence-electron chi connectivity index (χ3n) is 3.60. The van der Waals surface area contributed by atoms with E-state index < -0.39 is 42.4 Å². The van der Waals surface area contributed by atoms with Gasteiger partial charge in [-0.3, -0.25) is 18.3 Å². The Labute approximate surface area is 247 Å². The van der Waals surface area contributed by atoms with E-state index in [2.05, 4.69) is 28.1 Å². The van der Waals surface area contributed by atoms with Gasteiger partial charge in [0.1, 0.15) is 18.1 Å². The Balaban J connectivity index is 0.00000320. The van der Waals surface area contributed by atoms with E-state index in [0.717, 1.165) is 0 Å². The van der Waals surface area contributed by atoms with E-state index in [9.17, 15) is 28.4 Å². The number of hydrogen-bond donors (Lipinski definition) is 2. The number of nitrogens with two attached hydrogens (primary N) is 1. The fraction of sp³-hybridized carbons (Fsp3) is 0.500. The van der Waals surface area contributed by atoms with Crippen molar-refractivity contribution in [2.24, 2.45) is 0 Å². The zero-order valence-electron chi connectivity index (χ0n) is 17.2. The molecule has 3 heterocycles. The van der Waals surface area contributed by atoms with Gasteiger partial charge in [0, 0.05) is 0 Å². The maximum atomic E-state index is 11.6. The quantitative estimate of drug-likeness (QED) is 0.233. The normalized spacial score (nSPS) is 23.6. The monoisotopic (exact) mass is 541 g/mol. The summed E-state index contributed by atoms with van der Waals surface area (Å²) in [5.41, 5.74) is 6.46. The molecule has 1 fully saturated rings. The van der Waals surface area contributed by atoms with Crippen molar-refractivity contribution in [2.75, 3.05) is 12.3 Å². The van der Waals surface area contributed by atoms with E-state index in [1.807, 2.05) is 0 Å². The van der Waals surface area contributed by atoms with Gasteiger partial charge in [-0.15, -0.1) is 0 Å². The Bertz CT molecular complexity index is 1050. The third-order valence-corrected chi connectivity index (χ3v) is 7.29. The molecule has 0 bridgehead atoms. The zero-order chi connectivity index (χ0) is 21.4. The number of phosphoric acid groups is 3. The third kappa shape index (κ3) is 9.64. The second kappa shape index (κ2) is 13.3. The largest absolute Gasteiger partial charge is 1.00 e. The molecule has 2 aromatic heterocycles. The minimum Gasteiger partial charge on any atom is -0.756 e. The molecule has 0 saturated carbocycles. The molecule has 0 radical (unpaired) electrons. The molecule has 0 spiro atoms. The molecule has 1 aliphatic rings. The summed E-state index contributed by atoms with van der Waals surface area (Å²) in [4.78, 5) is 53.4. The van der Waals surface area contributed by atoms with Crippen molar-refractivity contribution in [3.63, 3.8) is 0 Å². The first-order valence-electron chi connectivity index (χ1n) is 7.67. The Morgan fingerprint density at radius 1 is 1.09 bits per heavy atom. The van der Waals surface area contributed by atoms with Crippen LogP contribution in [0.2, 0.25) is 0 Å². The van der Waals surface area contributed by atoms with Crippen molar-refractivity contribution < 1.29 is 140 Å². The molecule has 22 heteroatoms. The van der Waals surface area contributed by atoms with Gasteiger partial charge < -0.3 is 34.6 Å². The summed E-state index contributed by atoms with van der Waals surface area (Å²) in [5, 5.41) is 0. The standard InChI is InChI=1S/C10H16N5O11P3.3Na/c11-9-8-10(13-4-12-9)15(5-14-8)7-2-1-6(24-7)3-23-28(19,20)26-29(21,22)25-27(16,17)18;;;/h4-7H,1-3H2,(H,19,20)(H,21,22)(H2,11,12,13)(H2,16,17,18);;;/q;3*+1/p-3/t6-,7+;;;/m0.../s1. The van der Waals surface area contributed by atoms with Crippen LogP contribution in [0, 0.1) is 0 Å². The summed E-state index contributed by atoms with van der Waals surface area (Å²) in [5.74, 6) is 0.172. The van der Waals surface area contributed by atoms with Crippen LogP contribution in [0.5, 0.6) is 0 Å². The van der Waals surface area contributed by atoms with E-state index in [1.165, 1.54) is 12.7 Å². The molecule has 3 rings (SSSR count). The summed E-state index contributed by atoms with van der Waals surface area (Å²) >= 11 is 0. The summed E-state index contributed by atoms with van der Waals surface area (Å²) in [6.45, 7) is -0.630. The molecule has 162 valence electrons. The number of rotatable bonds is 8. The van der Waals surface area contributed by atoms with Gasteiger partial charge in [0.25, 0.3) is 23.5 Å². The fourth-order valence-corrected chi connectivity index (χ4v) is 5.47. The predicted octanol–water partition coefficient (Wildman–Crippen LogP) is -10.5. The number of anilines is 1. The molecule has 32 heavy (non-hydrogen) atoms. The molecular weight excluding hydrogens is 528 g/mol. The van der Waals surface area contributed by atoms with Gasteiger partial charge in [0.2, 0.25) is 0 Å². The van der Waals surface area contributed by atoms with Gasteiger partial charge in [0.15, 0.2) is 11.5 Å². The van der Waals surface area contributed by atoms with Crippen LogP contribution in [0.1, 0.15) is 19.1 Å². The van der Waals surface area contributed by atoms with Crippen molar-refractivity contribution in [1.82, 2.24) is 19.5 Å². The molecule has 2 aromatic rings. The number of nitrogens with zero attached hydrogens (tertiary/aromatic N) is 4.